The van der Waals surface area contributed by atoms with Gasteiger partial charge in [-0.1, -0.05) is 13.8 Å². The second-order valence-electron chi connectivity index (χ2n) is 6.02. The average Bonchev–Trinajstić information content (AvgIpc) is 2.94. The molecule has 0 saturated carbocycles. The summed E-state index contributed by atoms with van der Waals surface area (Å²) in [6.45, 7) is 5.92. The van der Waals surface area contributed by atoms with Crippen molar-refractivity contribution in [2.75, 3.05) is 25.0 Å². The molecule has 0 atom stereocenters. The lowest BCUT2D eigenvalue weighted by Gasteiger charge is -2.31. The van der Waals surface area contributed by atoms with Crippen molar-refractivity contribution in [1.29, 1.82) is 0 Å². The molecule has 0 radical (unpaired) electrons. The number of aromatic nitrogens is 1. The summed E-state index contributed by atoms with van der Waals surface area (Å²) in [7, 11) is 0. The lowest BCUT2D eigenvalue weighted by molar-refractivity contribution is -0.131. The Morgan fingerprint density at radius 2 is 2.00 bits per heavy atom. The number of carbonyl (C=O) groups is 2. The van der Waals surface area contributed by atoms with E-state index in [9.17, 15) is 9.59 Å². The maximum atomic E-state index is 12.3. The van der Waals surface area contributed by atoms with Crippen LogP contribution >= 0.6 is 36.2 Å². The molecular weight excluding hydrogens is 371 g/mol. The molecule has 1 aromatic heterocycles. The van der Waals surface area contributed by atoms with Crippen LogP contribution in [0, 0.1) is 11.8 Å². The Bertz CT molecular complexity index is 531. The monoisotopic (exact) mass is 396 g/mol. The number of hydrogen-bond donors (Lipinski definition) is 2. The highest BCUT2D eigenvalue weighted by molar-refractivity contribution is 7.13. The van der Waals surface area contributed by atoms with Crippen LogP contribution in [-0.2, 0) is 16.0 Å². The lowest BCUT2D eigenvalue weighted by Crippen LogP contribution is -2.40. The zero-order chi connectivity index (χ0) is 16.1. The number of amides is 2. The van der Waals surface area contributed by atoms with Gasteiger partial charge in [0.05, 0.1) is 12.1 Å². The molecule has 0 unspecified atom stereocenters. The highest BCUT2D eigenvalue weighted by Crippen LogP contribution is 2.19. The fourth-order valence-electron chi connectivity index (χ4n) is 2.38. The smallest absolute Gasteiger partial charge is 0.228 e. The summed E-state index contributed by atoms with van der Waals surface area (Å²) < 4.78 is 0. The van der Waals surface area contributed by atoms with E-state index < -0.39 is 0 Å². The number of nitrogens with zero attached hydrogens (tertiary/aromatic N) is 2. The minimum atomic E-state index is -0.0853. The van der Waals surface area contributed by atoms with Crippen molar-refractivity contribution >= 4 is 53.1 Å². The first kappa shape index (κ1) is 23.1. The summed E-state index contributed by atoms with van der Waals surface area (Å²) in [5.41, 5.74) is 6.38. The Kier molecular flexibility index (Phi) is 10.5. The van der Waals surface area contributed by atoms with Crippen molar-refractivity contribution in [2.24, 2.45) is 17.6 Å². The Morgan fingerprint density at radius 1 is 1.38 bits per heavy atom. The third-order valence-electron chi connectivity index (χ3n) is 3.94. The molecule has 2 rings (SSSR count). The Morgan fingerprint density at radius 3 is 2.54 bits per heavy atom. The maximum absolute atomic E-state index is 12.3. The van der Waals surface area contributed by atoms with E-state index >= 15 is 0 Å². The van der Waals surface area contributed by atoms with Crippen LogP contribution in [0.5, 0.6) is 0 Å². The molecule has 2 heterocycles. The summed E-state index contributed by atoms with van der Waals surface area (Å²) in [6, 6.07) is 0. The van der Waals surface area contributed by atoms with Gasteiger partial charge in [0.25, 0.3) is 0 Å². The third kappa shape index (κ3) is 6.55. The summed E-state index contributed by atoms with van der Waals surface area (Å²) in [6.07, 6.45) is 2.26. The number of nitrogens with two attached hydrogens (primary N) is 1. The predicted octanol–water partition coefficient (Wildman–Crippen LogP) is 2.32. The van der Waals surface area contributed by atoms with Gasteiger partial charge in [-0.25, -0.2) is 4.98 Å². The minimum Gasteiger partial charge on any atom is -0.342 e. The van der Waals surface area contributed by atoms with Gasteiger partial charge in [-0.2, -0.15) is 0 Å². The van der Waals surface area contributed by atoms with Crippen LogP contribution in [0.2, 0.25) is 0 Å². The molecule has 9 heteroatoms. The molecular formula is C15H26Cl2N4O2S. The second-order valence-corrected chi connectivity index (χ2v) is 6.88. The van der Waals surface area contributed by atoms with Crippen molar-refractivity contribution < 1.29 is 9.59 Å². The standard InChI is InChI=1S/C15H24N4O2S.2ClH/c1-10(2)14(21)18-15-17-12(9-22-15)7-13(20)19-5-3-11(8-16)4-6-19;;/h9-11H,3-8,16H2,1-2H3,(H,17,18,21);2*1H. The number of hydrogen-bond acceptors (Lipinski definition) is 5. The maximum Gasteiger partial charge on any atom is 0.228 e. The molecule has 1 fully saturated rings. The SMILES string of the molecule is CC(C)C(=O)Nc1nc(CC(=O)N2CCC(CN)CC2)cs1.Cl.Cl. The van der Waals surface area contributed by atoms with Crippen molar-refractivity contribution in [3.05, 3.63) is 11.1 Å². The minimum absolute atomic E-state index is 0. The summed E-state index contributed by atoms with van der Waals surface area (Å²) >= 11 is 1.36. The van der Waals surface area contributed by atoms with Crippen LogP contribution < -0.4 is 11.1 Å². The first-order valence-electron chi connectivity index (χ1n) is 7.72. The van der Waals surface area contributed by atoms with Gasteiger partial charge in [-0.3, -0.25) is 9.59 Å². The number of likely N-dealkylation sites (tertiary alicyclic amines) is 1. The van der Waals surface area contributed by atoms with E-state index in [1.165, 1.54) is 11.3 Å². The topological polar surface area (TPSA) is 88.3 Å². The van der Waals surface area contributed by atoms with E-state index in [0.29, 0.717) is 24.0 Å². The largest absolute Gasteiger partial charge is 0.342 e. The Balaban J connectivity index is 0.00000264. The second kappa shape index (κ2) is 10.9. The summed E-state index contributed by atoms with van der Waals surface area (Å²) in [5.74, 6) is 0.498. The zero-order valence-electron chi connectivity index (χ0n) is 14.0. The fraction of sp³-hybridized carbons (Fsp3) is 0.667. The van der Waals surface area contributed by atoms with E-state index in [-0.39, 0.29) is 42.5 Å². The quantitative estimate of drug-likeness (QED) is 0.798. The third-order valence-corrected chi connectivity index (χ3v) is 4.75. The molecule has 1 saturated heterocycles. The van der Waals surface area contributed by atoms with Crippen molar-refractivity contribution in [2.45, 2.75) is 33.1 Å². The lowest BCUT2D eigenvalue weighted by atomic mass is 9.97. The van der Waals surface area contributed by atoms with Gasteiger partial charge in [-0.05, 0) is 25.3 Å². The van der Waals surface area contributed by atoms with E-state index in [1.54, 1.807) is 0 Å². The summed E-state index contributed by atoms with van der Waals surface area (Å²) in [5, 5.41) is 5.15. The zero-order valence-corrected chi connectivity index (χ0v) is 16.4. The van der Waals surface area contributed by atoms with Gasteiger partial charge in [0.2, 0.25) is 11.8 Å². The molecule has 0 bridgehead atoms. The molecule has 2 amide bonds. The highest BCUT2D eigenvalue weighted by Gasteiger charge is 2.22. The van der Waals surface area contributed by atoms with Gasteiger partial charge >= 0.3 is 0 Å². The fourth-order valence-corrected chi connectivity index (χ4v) is 3.09. The van der Waals surface area contributed by atoms with Crippen molar-refractivity contribution in [3.8, 4) is 0 Å². The van der Waals surface area contributed by atoms with Crippen LogP contribution in [0.4, 0.5) is 5.13 Å². The van der Waals surface area contributed by atoms with Crippen molar-refractivity contribution in [1.82, 2.24) is 9.88 Å². The molecule has 138 valence electrons. The number of anilines is 1. The molecule has 24 heavy (non-hydrogen) atoms. The van der Waals surface area contributed by atoms with Crippen LogP contribution in [0.1, 0.15) is 32.4 Å². The first-order valence-corrected chi connectivity index (χ1v) is 8.60. The van der Waals surface area contributed by atoms with Gasteiger partial charge in [0, 0.05) is 24.4 Å². The van der Waals surface area contributed by atoms with Gasteiger partial charge < -0.3 is 16.0 Å². The molecule has 1 aliphatic rings. The van der Waals surface area contributed by atoms with Gasteiger partial charge in [-0.15, -0.1) is 36.2 Å². The van der Waals surface area contributed by atoms with E-state index in [4.69, 9.17) is 5.73 Å². The van der Waals surface area contributed by atoms with Crippen LogP contribution in [0.25, 0.3) is 0 Å². The van der Waals surface area contributed by atoms with E-state index in [1.807, 2.05) is 24.1 Å². The molecule has 0 aromatic carbocycles. The van der Waals surface area contributed by atoms with E-state index in [2.05, 4.69) is 10.3 Å². The molecule has 0 aliphatic carbocycles. The summed E-state index contributed by atoms with van der Waals surface area (Å²) in [4.78, 5) is 30.1. The van der Waals surface area contributed by atoms with Gasteiger partial charge in [0.1, 0.15) is 0 Å². The molecule has 6 nitrogen and oxygen atoms in total. The number of carbonyl (C=O) groups excluding carboxylic acids is 2. The van der Waals surface area contributed by atoms with Crippen LogP contribution in [0.3, 0.4) is 0 Å². The van der Waals surface area contributed by atoms with Crippen LogP contribution in [0.15, 0.2) is 5.38 Å². The first-order chi connectivity index (χ1) is 10.5. The number of piperidine rings is 1. The average molecular weight is 397 g/mol. The van der Waals surface area contributed by atoms with Crippen LogP contribution in [-0.4, -0.2) is 41.3 Å². The molecule has 3 N–H and O–H groups in total. The number of halogens is 2. The Labute approximate surface area is 159 Å². The predicted molar refractivity (Wildman–Crippen MR) is 102 cm³/mol. The Hall–Kier alpha value is -0.890. The number of rotatable bonds is 5. The highest BCUT2D eigenvalue weighted by atomic mass is 35.5. The molecule has 1 aliphatic heterocycles. The molecule has 1 aromatic rings. The van der Waals surface area contributed by atoms with Gasteiger partial charge in [0.15, 0.2) is 5.13 Å². The van der Waals surface area contributed by atoms with E-state index in [0.717, 1.165) is 31.6 Å². The normalized spacial score (nSPS) is 14.8. The number of nitrogens with one attached hydrogen (secondary N) is 1. The number of thiazole rings is 1. The van der Waals surface area contributed by atoms with Crippen molar-refractivity contribution in [3.63, 3.8) is 0 Å². The molecule has 0 spiro atoms.